The van der Waals surface area contributed by atoms with Gasteiger partial charge in [-0.05, 0) is 52.2 Å². The van der Waals surface area contributed by atoms with E-state index in [2.05, 4.69) is 4.98 Å². The highest BCUT2D eigenvalue weighted by Crippen LogP contribution is 2.21. The Morgan fingerprint density at radius 2 is 2.24 bits per heavy atom. The van der Waals surface area contributed by atoms with Crippen LogP contribution >= 0.6 is 0 Å². The Labute approximate surface area is 126 Å². The molecule has 1 atom stereocenters. The molecule has 5 heteroatoms. The molecule has 0 spiro atoms. The molecule has 116 valence electrons. The van der Waals surface area contributed by atoms with Gasteiger partial charge >= 0.3 is 6.09 Å². The average Bonchev–Trinajstić information content (AvgIpc) is 2.83. The van der Waals surface area contributed by atoms with Crippen LogP contribution < -0.4 is 4.74 Å². The van der Waals surface area contributed by atoms with Crippen LogP contribution in [-0.4, -0.2) is 40.8 Å². The fourth-order valence-corrected chi connectivity index (χ4v) is 2.34. The monoisotopic (exact) mass is 292 g/mol. The van der Waals surface area contributed by atoms with Gasteiger partial charge in [-0.25, -0.2) is 9.78 Å². The minimum atomic E-state index is -0.469. The summed E-state index contributed by atoms with van der Waals surface area (Å²) in [5.74, 6) is 0.603. The Morgan fingerprint density at radius 1 is 1.48 bits per heavy atom. The van der Waals surface area contributed by atoms with Crippen LogP contribution in [0.2, 0.25) is 0 Å². The summed E-state index contributed by atoms with van der Waals surface area (Å²) in [6.45, 7) is 8.81. The predicted molar refractivity (Wildman–Crippen MR) is 80.4 cm³/mol. The normalized spacial score (nSPS) is 18.7. The van der Waals surface area contributed by atoms with E-state index in [1.807, 2.05) is 39.8 Å². The predicted octanol–water partition coefficient (Wildman–Crippen LogP) is 3.17. The maximum atomic E-state index is 12.2. The molecule has 1 aromatic heterocycles. The summed E-state index contributed by atoms with van der Waals surface area (Å²) in [7, 11) is 0. The van der Waals surface area contributed by atoms with Gasteiger partial charge in [0.15, 0.2) is 0 Å². The van der Waals surface area contributed by atoms with Gasteiger partial charge in [-0.3, -0.25) is 0 Å². The van der Waals surface area contributed by atoms with Crippen LogP contribution in [0.1, 0.15) is 39.2 Å². The number of carbonyl (C=O) groups is 1. The van der Waals surface area contributed by atoms with E-state index in [0.717, 1.165) is 24.9 Å². The number of likely N-dealkylation sites (tertiary alicyclic amines) is 1. The standard InChI is InChI=1S/C16H24N2O3/c1-12-7-8-17-14(10-12)20-11-13-6-5-9-18(13)15(19)21-16(2,3)4/h7-8,10,13H,5-6,9,11H2,1-4H3/t13-/m0/s1. The highest BCUT2D eigenvalue weighted by molar-refractivity contribution is 5.69. The number of nitrogens with zero attached hydrogens (tertiary/aromatic N) is 2. The highest BCUT2D eigenvalue weighted by atomic mass is 16.6. The second-order valence-corrected chi connectivity index (χ2v) is 6.45. The first-order valence-corrected chi connectivity index (χ1v) is 7.40. The number of pyridine rings is 1. The molecule has 0 radical (unpaired) electrons. The molecule has 0 aromatic carbocycles. The van der Waals surface area contributed by atoms with Crippen LogP contribution in [0.5, 0.6) is 5.88 Å². The van der Waals surface area contributed by atoms with Gasteiger partial charge in [0, 0.05) is 18.8 Å². The van der Waals surface area contributed by atoms with Crippen molar-refractivity contribution in [2.24, 2.45) is 0 Å². The largest absolute Gasteiger partial charge is 0.475 e. The van der Waals surface area contributed by atoms with Gasteiger partial charge in [-0.2, -0.15) is 0 Å². The fourth-order valence-electron chi connectivity index (χ4n) is 2.34. The number of carbonyl (C=O) groups excluding carboxylic acids is 1. The highest BCUT2D eigenvalue weighted by Gasteiger charge is 2.32. The van der Waals surface area contributed by atoms with Gasteiger partial charge < -0.3 is 14.4 Å². The Kier molecular flexibility index (Phi) is 4.70. The zero-order valence-corrected chi connectivity index (χ0v) is 13.3. The van der Waals surface area contributed by atoms with Crippen molar-refractivity contribution in [1.29, 1.82) is 0 Å². The van der Waals surface area contributed by atoms with Gasteiger partial charge in [0.05, 0.1) is 6.04 Å². The molecule has 2 rings (SSSR count). The molecule has 1 aliphatic heterocycles. The maximum absolute atomic E-state index is 12.2. The summed E-state index contributed by atoms with van der Waals surface area (Å²) in [5, 5.41) is 0. The molecule has 0 aliphatic carbocycles. The van der Waals surface area contributed by atoms with Crippen LogP contribution in [0, 0.1) is 6.92 Å². The summed E-state index contributed by atoms with van der Waals surface area (Å²) in [4.78, 5) is 18.1. The van der Waals surface area contributed by atoms with E-state index in [4.69, 9.17) is 9.47 Å². The van der Waals surface area contributed by atoms with Crippen molar-refractivity contribution in [3.63, 3.8) is 0 Å². The van der Waals surface area contributed by atoms with E-state index in [1.165, 1.54) is 0 Å². The maximum Gasteiger partial charge on any atom is 0.410 e. The molecule has 21 heavy (non-hydrogen) atoms. The van der Waals surface area contributed by atoms with Crippen molar-refractivity contribution in [2.45, 2.75) is 52.2 Å². The molecule has 0 unspecified atom stereocenters. The smallest absolute Gasteiger partial charge is 0.410 e. The summed E-state index contributed by atoms with van der Waals surface area (Å²) in [6.07, 6.45) is 3.38. The third-order valence-electron chi connectivity index (χ3n) is 3.32. The molecule has 1 aliphatic rings. The van der Waals surface area contributed by atoms with Crippen LogP contribution in [-0.2, 0) is 4.74 Å². The number of hydrogen-bond donors (Lipinski definition) is 0. The third-order valence-corrected chi connectivity index (χ3v) is 3.32. The number of amides is 1. The number of aryl methyl sites for hydroxylation is 1. The number of ether oxygens (including phenoxy) is 2. The summed E-state index contributed by atoms with van der Waals surface area (Å²) in [6, 6.07) is 3.88. The first-order chi connectivity index (χ1) is 9.85. The second kappa shape index (κ2) is 6.33. The first kappa shape index (κ1) is 15.6. The number of rotatable bonds is 3. The van der Waals surface area contributed by atoms with E-state index in [1.54, 1.807) is 11.1 Å². The topological polar surface area (TPSA) is 51.7 Å². The van der Waals surface area contributed by atoms with E-state index >= 15 is 0 Å². The zero-order chi connectivity index (χ0) is 15.5. The van der Waals surface area contributed by atoms with E-state index in [-0.39, 0.29) is 12.1 Å². The van der Waals surface area contributed by atoms with Crippen molar-refractivity contribution in [2.75, 3.05) is 13.2 Å². The van der Waals surface area contributed by atoms with Gasteiger partial charge in [0.2, 0.25) is 5.88 Å². The summed E-state index contributed by atoms with van der Waals surface area (Å²) in [5.41, 5.74) is 0.638. The Hall–Kier alpha value is -1.78. The molecule has 0 N–H and O–H groups in total. The van der Waals surface area contributed by atoms with Crippen molar-refractivity contribution in [3.8, 4) is 5.88 Å². The molecular weight excluding hydrogens is 268 g/mol. The molecule has 2 heterocycles. The zero-order valence-electron chi connectivity index (χ0n) is 13.3. The van der Waals surface area contributed by atoms with Gasteiger partial charge in [-0.15, -0.1) is 0 Å². The van der Waals surface area contributed by atoms with Crippen molar-refractivity contribution >= 4 is 6.09 Å². The molecule has 1 aromatic rings. The molecule has 1 saturated heterocycles. The van der Waals surface area contributed by atoms with E-state index in [0.29, 0.717) is 12.5 Å². The second-order valence-electron chi connectivity index (χ2n) is 6.45. The van der Waals surface area contributed by atoms with Gasteiger partial charge in [0.1, 0.15) is 12.2 Å². The van der Waals surface area contributed by atoms with E-state index < -0.39 is 5.60 Å². The molecule has 1 amide bonds. The molecule has 1 fully saturated rings. The average molecular weight is 292 g/mol. The summed E-state index contributed by atoms with van der Waals surface area (Å²) >= 11 is 0. The lowest BCUT2D eigenvalue weighted by atomic mass is 10.2. The Bertz CT molecular complexity index is 497. The molecule has 0 saturated carbocycles. The minimum absolute atomic E-state index is 0.0576. The van der Waals surface area contributed by atoms with Gasteiger partial charge in [0.25, 0.3) is 0 Å². The molecular formula is C16H24N2O3. The third kappa shape index (κ3) is 4.62. The van der Waals surface area contributed by atoms with Crippen LogP contribution in [0.4, 0.5) is 4.79 Å². The van der Waals surface area contributed by atoms with Crippen molar-refractivity contribution in [1.82, 2.24) is 9.88 Å². The molecule has 0 bridgehead atoms. The quantitative estimate of drug-likeness (QED) is 0.858. The number of aromatic nitrogens is 1. The van der Waals surface area contributed by atoms with Crippen molar-refractivity contribution in [3.05, 3.63) is 23.9 Å². The van der Waals surface area contributed by atoms with Crippen LogP contribution in [0.15, 0.2) is 18.3 Å². The first-order valence-electron chi connectivity index (χ1n) is 7.40. The number of hydrogen-bond acceptors (Lipinski definition) is 4. The Morgan fingerprint density at radius 3 is 2.90 bits per heavy atom. The lowest BCUT2D eigenvalue weighted by molar-refractivity contribution is 0.0186. The lowest BCUT2D eigenvalue weighted by Crippen LogP contribution is -2.42. The fraction of sp³-hybridized carbons (Fsp3) is 0.625. The van der Waals surface area contributed by atoms with Crippen LogP contribution in [0.3, 0.4) is 0 Å². The van der Waals surface area contributed by atoms with Crippen LogP contribution in [0.25, 0.3) is 0 Å². The molecule has 5 nitrogen and oxygen atoms in total. The van der Waals surface area contributed by atoms with Crippen molar-refractivity contribution < 1.29 is 14.3 Å². The Balaban J connectivity index is 1.91. The SMILES string of the molecule is Cc1ccnc(OC[C@@H]2CCCN2C(=O)OC(C)(C)C)c1. The van der Waals surface area contributed by atoms with E-state index in [9.17, 15) is 4.79 Å². The minimum Gasteiger partial charge on any atom is -0.475 e. The lowest BCUT2D eigenvalue weighted by Gasteiger charge is -2.28. The van der Waals surface area contributed by atoms with Gasteiger partial charge in [-0.1, -0.05) is 0 Å². The summed E-state index contributed by atoms with van der Waals surface area (Å²) < 4.78 is 11.2.